The van der Waals surface area contributed by atoms with Crippen LogP contribution in [0.5, 0.6) is 0 Å². The molecule has 36 heavy (non-hydrogen) atoms. The van der Waals surface area contributed by atoms with Crippen LogP contribution in [0, 0.1) is 11.8 Å². The van der Waals surface area contributed by atoms with Gasteiger partial charge in [-0.25, -0.2) is 4.98 Å². The molecule has 1 aliphatic carbocycles. The number of rotatable bonds is 5. The molecule has 3 heterocycles. The molecule has 0 spiro atoms. The molecular formula is C30H26BrN3O2. The monoisotopic (exact) mass is 539 g/mol. The van der Waals surface area contributed by atoms with Gasteiger partial charge in [-0.2, -0.15) is 0 Å². The minimum atomic E-state index is 0.287. The molecule has 0 unspecified atom stereocenters. The van der Waals surface area contributed by atoms with Gasteiger partial charge < -0.3 is 13.9 Å². The summed E-state index contributed by atoms with van der Waals surface area (Å²) in [5.74, 6) is 2.05. The Kier molecular flexibility index (Phi) is 5.24. The average molecular weight is 540 g/mol. The fourth-order valence-corrected chi connectivity index (χ4v) is 6.10. The smallest absolute Gasteiger partial charge is 0.225 e. The molecule has 1 amide bonds. The van der Waals surface area contributed by atoms with Gasteiger partial charge in [-0.3, -0.25) is 4.79 Å². The Morgan fingerprint density at radius 1 is 0.972 bits per heavy atom. The van der Waals surface area contributed by atoms with E-state index in [0.717, 1.165) is 87.9 Å². The predicted octanol–water partition coefficient (Wildman–Crippen LogP) is 7.14. The maximum absolute atomic E-state index is 12.6. The minimum Gasteiger partial charge on any atom is -0.464 e. The summed E-state index contributed by atoms with van der Waals surface area (Å²) in [5, 5.41) is 1.11. The largest absolute Gasteiger partial charge is 0.464 e. The zero-order valence-electron chi connectivity index (χ0n) is 19.9. The lowest BCUT2D eigenvalue weighted by Gasteiger charge is -2.18. The highest BCUT2D eigenvalue weighted by Gasteiger charge is 2.36. The molecule has 6 heteroatoms. The van der Waals surface area contributed by atoms with Gasteiger partial charge in [-0.05, 0) is 82.6 Å². The molecule has 7 rings (SSSR count). The summed E-state index contributed by atoms with van der Waals surface area (Å²) in [7, 11) is 0. The fourth-order valence-electron chi connectivity index (χ4n) is 5.53. The van der Waals surface area contributed by atoms with Crippen molar-refractivity contribution in [2.45, 2.75) is 25.8 Å². The number of carbonyl (C=O) groups is 1. The number of likely N-dealkylation sites (tertiary alicyclic amines) is 1. The second-order valence-corrected chi connectivity index (χ2v) is 11.0. The third-order valence-electron chi connectivity index (χ3n) is 7.61. The molecule has 0 bridgehead atoms. The Morgan fingerprint density at radius 3 is 2.61 bits per heavy atom. The van der Waals surface area contributed by atoms with Crippen molar-refractivity contribution >= 4 is 43.8 Å². The van der Waals surface area contributed by atoms with Crippen LogP contribution in [0.15, 0.2) is 81.9 Å². The van der Waals surface area contributed by atoms with Crippen molar-refractivity contribution in [1.29, 1.82) is 0 Å². The van der Waals surface area contributed by atoms with Crippen molar-refractivity contribution in [2.24, 2.45) is 11.8 Å². The first-order valence-corrected chi connectivity index (χ1v) is 13.4. The highest BCUT2D eigenvalue weighted by Crippen LogP contribution is 2.36. The van der Waals surface area contributed by atoms with E-state index in [1.807, 2.05) is 18.2 Å². The van der Waals surface area contributed by atoms with E-state index in [1.54, 1.807) is 6.26 Å². The van der Waals surface area contributed by atoms with Gasteiger partial charge in [0, 0.05) is 41.0 Å². The fraction of sp³-hybridized carbons (Fsp3) is 0.267. The number of para-hydroxylation sites is 1. The van der Waals surface area contributed by atoms with E-state index in [2.05, 4.69) is 73.9 Å². The molecule has 5 nitrogen and oxygen atoms in total. The standard InChI is InChI=1S/C30H26BrN3O2/c31-25-2-1-3-26-28(25)34(18-19-12-14-33(17-19)30(35)22-8-9-22)29(32-26)21-6-4-20(5-7-21)23-10-11-27-24(16-23)13-15-36-27/h1-7,10-11,13,15-16,19,22H,8-9,12,14,17-18H2/t19-/m0/s1. The Labute approximate surface area is 217 Å². The summed E-state index contributed by atoms with van der Waals surface area (Å²) in [6.07, 6.45) is 4.90. The Bertz CT molecular complexity index is 1600. The van der Waals surface area contributed by atoms with Gasteiger partial charge in [-0.15, -0.1) is 0 Å². The number of aromatic nitrogens is 2. The molecule has 5 aromatic rings. The number of fused-ring (bicyclic) bond motifs is 2. The Hall–Kier alpha value is -3.38. The summed E-state index contributed by atoms with van der Waals surface area (Å²) in [4.78, 5) is 19.8. The van der Waals surface area contributed by atoms with E-state index in [0.29, 0.717) is 11.8 Å². The molecule has 180 valence electrons. The molecule has 1 aliphatic heterocycles. The number of carbonyl (C=O) groups excluding carboxylic acids is 1. The van der Waals surface area contributed by atoms with E-state index in [4.69, 9.17) is 9.40 Å². The van der Waals surface area contributed by atoms with Crippen molar-refractivity contribution in [3.05, 3.63) is 77.5 Å². The lowest BCUT2D eigenvalue weighted by Crippen LogP contribution is -2.30. The van der Waals surface area contributed by atoms with Gasteiger partial charge >= 0.3 is 0 Å². The maximum Gasteiger partial charge on any atom is 0.225 e. The first-order chi connectivity index (χ1) is 17.6. The third-order valence-corrected chi connectivity index (χ3v) is 8.25. The van der Waals surface area contributed by atoms with E-state index in [1.165, 1.54) is 0 Å². The molecule has 1 saturated heterocycles. The molecule has 3 aromatic carbocycles. The molecule has 1 saturated carbocycles. The van der Waals surface area contributed by atoms with Crippen molar-refractivity contribution in [3.8, 4) is 22.5 Å². The summed E-state index contributed by atoms with van der Waals surface area (Å²) < 4.78 is 8.89. The van der Waals surface area contributed by atoms with Crippen LogP contribution in [0.25, 0.3) is 44.5 Å². The molecule has 2 fully saturated rings. The molecular weight excluding hydrogens is 514 g/mol. The van der Waals surface area contributed by atoms with E-state index >= 15 is 0 Å². The number of amides is 1. The van der Waals surface area contributed by atoms with Crippen molar-refractivity contribution in [2.75, 3.05) is 13.1 Å². The number of hydrogen-bond acceptors (Lipinski definition) is 3. The van der Waals surface area contributed by atoms with Crippen LogP contribution < -0.4 is 0 Å². The van der Waals surface area contributed by atoms with Crippen LogP contribution in [-0.4, -0.2) is 33.4 Å². The highest BCUT2D eigenvalue weighted by molar-refractivity contribution is 9.10. The topological polar surface area (TPSA) is 51.3 Å². The third kappa shape index (κ3) is 3.84. The summed E-state index contributed by atoms with van der Waals surface area (Å²) in [6.45, 7) is 2.56. The van der Waals surface area contributed by atoms with Gasteiger partial charge in [0.2, 0.25) is 5.91 Å². The van der Waals surface area contributed by atoms with E-state index < -0.39 is 0 Å². The Balaban J connectivity index is 1.22. The van der Waals surface area contributed by atoms with Crippen molar-refractivity contribution in [1.82, 2.24) is 14.5 Å². The second-order valence-electron chi connectivity index (χ2n) is 10.1. The minimum absolute atomic E-state index is 0.287. The summed E-state index contributed by atoms with van der Waals surface area (Å²) in [6, 6.07) is 23.1. The maximum atomic E-state index is 12.6. The second kappa shape index (κ2) is 8.63. The first kappa shape index (κ1) is 21.9. The molecule has 1 atom stereocenters. The van der Waals surface area contributed by atoms with Crippen LogP contribution >= 0.6 is 15.9 Å². The number of furan rings is 1. The zero-order valence-corrected chi connectivity index (χ0v) is 21.4. The molecule has 0 N–H and O–H groups in total. The van der Waals surface area contributed by atoms with E-state index in [9.17, 15) is 4.79 Å². The molecule has 0 radical (unpaired) electrons. The number of imidazole rings is 1. The van der Waals surface area contributed by atoms with Crippen LogP contribution in [-0.2, 0) is 11.3 Å². The van der Waals surface area contributed by atoms with Crippen molar-refractivity contribution < 1.29 is 9.21 Å². The molecule has 2 aromatic heterocycles. The normalized spacial score (nSPS) is 17.9. The van der Waals surface area contributed by atoms with Gasteiger partial charge in [0.1, 0.15) is 11.4 Å². The van der Waals surface area contributed by atoms with Gasteiger partial charge in [0.25, 0.3) is 0 Å². The van der Waals surface area contributed by atoms with Crippen molar-refractivity contribution in [3.63, 3.8) is 0 Å². The van der Waals surface area contributed by atoms with Crippen LogP contribution in [0.2, 0.25) is 0 Å². The van der Waals surface area contributed by atoms with Crippen LogP contribution in [0.1, 0.15) is 19.3 Å². The van der Waals surface area contributed by atoms with Gasteiger partial charge in [-0.1, -0.05) is 36.4 Å². The lowest BCUT2D eigenvalue weighted by atomic mass is 10.0. The van der Waals surface area contributed by atoms with E-state index in [-0.39, 0.29) is 5.92 Å². The zero-order chi connectivity index (χ0) is 24.2. The summed E-state index contributed by atoms with van der Waals surface area (Å²) >= 11 is 3.77. The number of hydrogen-bond donors (Lipinski definition) is 0. The lowest BCUT2D eigenvalue weighted by molar-refractivity contribution is -0.131. The average Bonchev–Trinajstić information content (AvgIpc) is 3.29. The van der Waals surface area contributed by atoms with Crippen LogP contribution in [0.4, 0.5) is 0 Å². The van der Waals surface area contributed by atoms with Crippen LogP contribution in [0.3, 0.4) is 0 Å². The number of nitrogens with zero attached hydrogens (tertiary/aromatic N) is 3. The number of benzene rings is 3. The highest BCUT2D eigenvalue weighted by atomic mass is 79.9. The summed E-state index contributed by atoms with van der Waals surface area (Å²) in [5.41, 5.74) is 6.43. The Morgan fingerprint density at radius 2 is 1.78 bits per heavy atom. The first-order valence-electron chi connectivity index (χ1n) is 12.7. The quantitative estimate of drug-likeness (QED) is 0.238. The number of halogens is 1. The SMILES string of the molecule is O=C(C1CC1)N1CC[C@H](Cn2c(-c3ccc(-c4ccc5occc5c4)cc3)nc3cccc(Br)c32)C1. The van der Waals surface area contributed by atoms with Gasteiger partial charge in [0.05, 0.1) is 17.3 Å². The van der Waals surface area contributed by atoms with Gasteiger partial charge in [0.15, 0.2) is 0 Å². The predicted molar refractivity (Wildman–Crippen MR) is 145 cm³/mol. The molecule has 2 aliphatic rings.